The average molecular weight is 678 g/mol. The summed E-state index contributed by atoms with van der Waals surface area (Å²) in [5.41, 5.74) is -1.54. The van der Waals surface area contributed by atoms with E-state index in [1.54, 1.807) is 16.4 Å². The van der Waals surface area contributed by atoms with E-state index in [4.69, 9.17) is 0 Å². The maximum atomic E-state index is 16.6. The number of thiazole rings is 1. The van der Waals surface area contributed by atoms with Gasteiger partial charge in [0, 0.05) is 75.6 Å². The second kappa shape index (κ2) is 15.7. The number of carbonyl (C=O) groups is 3. The molecule has 2 aliphatic rings. The Balaban J connectivity index is 1.70. The van der Waals surface area contributed by atoms with Gasteiger partial charge in [-0.2, -0.15) is 0 Å². The Kier molecular flexibility index (Phi) is 11.9. The van der Waals surface area contributed by atoms with Gasteiger partial charge in [0.2, 0.25) is 0 Å². The number of hydrogen-bond donors (Lipinski definition) is 2. The number of likely N-dealkylation sites (N-methyl/N-ethyl adjacent to an activating group) is 1. The van der Waals surface area contributed by atoms with Crippen LogP contribution in [0, 0.1) is 11.6 Å². The summed E-state index contributed by atoms with van der Waals surface area (Å²) in [6.07, 6.45) is 0.184. The highest BCUT2D eigenvalue weighted by atomic mass is 32.1. The monoisotopic (exact) mass is 677 g/mol. The summed E-state index contributed by atoms with van der Waals surface area (Å²) >= 11 is 1.38. The van der Waals surface area contributed by atoms with Crippen LogP contribution in [-0.4, -0.2) is 111 Å². The van der Waals surface area contributed by atoms with Crippen LogP contribution in [0.5, 0.6) is 0 Å². The maximum Gasteiger partial charge on any atom is 0.273 e. The molecule has 1 fully saturated rings. The molecule has 0 radical (unpaired) electrons. The summed E-state index contributed by atoms with van der Waals surface area (Å²) < 4.78 is 60.1. The molecular weight excluding hydrogens is 638 g/mol. The normalized spacial score (nSPS) is 18.1. The van der Waals surface area contributed by atoms with Crippen LogP contribution in [0.2, 0.25) is 0 Å². The lowest BCUT2D eigenvalue weighted by atomic mass is 9.96. The average Bonchev–Trinajstić information content (AvgIpc) is 3.49. The van der Waals surface area contributed by atoms with Crippen LogP contribution in [0.4, 0.5) is 28.9 Å². The lowest BCUT2D eigenvalue weighted by Crippen LogP contribution is -2.50. The molecule has 0 saturated carbocycles. The van der Waals surface area contributed by atoms with E-state index in [0.717, 1.165) is 17.3 Å². The third kappa shape index (κ3) is 8.26. The highest BCUT2D eigenvalue weighted by Gasteiger charge is 2.32. The molecule has 4 rings (SSSR count). The van der Waals surface area contributed by atoms with Crippen molar-refractivity contribution in [2.24, 2.45) is 0 Å². The van der Waals surface area contributed by atoms with Crippen molar-refractivity contribution in [2.45, 2.75) is 32.4 Å². The van der Waals surface area contributed by atoms with Crippen molar-refractivity contribution in [3.8, 4) is 0 Å². The molecular formula is C32H39F4N7O3S. The Hall–Kier alpha value is -4.08. The number of carbonyl (C=O) groups excluding carboxylic acids is 3. The first-order chi connectivity index (χ1) is 22.4. The molecule has 15 heteroatoms. The van der Waals surface area contributed by atoms with E-state index >= 15 is 8.78 Å². The molecule has 0 spiro atoms. The predicted molar refractivity (Wildman–Crippen MR) is 175 cm³/mol. The van der Waals surface area contributed by atoms with Crippen molar-refractivity contribution in [3.05, 3.63) is 68.8 Å². The van der Waals surface area contributed by atoms with Gasteiger partial charge in [0.05, 0.1) is 16.8 Å². The number of nitrogens with one attached hydrogen (secondary N) is 2. The first-order valence-electron chi connectivity index (χ1n) is 15.0. The van der Waals surface area contributed by atoms with Gasteiger partial charge >= 0.3 is 0 Å². The van der Waals surface area contributed by atoms with E-state index in [1.807, 2.05) is 33.0 Å². The molecule has 1 aromatic heterocycles. The van der Waals surface area contributed by atoms with Crippen molar-refractivity contribution in [1.82, 2.24) is 25.0 Å². The minimum Gasteiger partial charge on any atom is -0.393 e. The van der Waals surface area contributed by atoms with Crippen LogP contribution in [0.25, 0.3) is 5.57 Å². The molecule has 2 aliphatic heterocycles. The van der Waals surface area contributed by atoms with Crippen LogP contribution in [0.3, 0.4) is 0 Å². The second-order valence-electron chi connectivity index (χ2n) is 11.7. The van der Waals surface area contributed by atoms with Gasteiger partial charge in [0.25, 0.3) is 18.2 Å². The smallest absolute Gasteiger partial charge is 0.273 e. The van der Waals surface area contributed by atoms with Gasteiger partial charge in [-0.15, -0.1) is 11.3 Å². The lowest BCUT2D eigenvalue weighted by Gasteiger charge is -2.40. The molecule has 1 aromatic carbocycles. The number of amides is 2. The Morgan fingerprint density at radius 2 is 1.96 bits per heavy atom. The largest absolute Gasteiger partial charge is 0.393 e. The number of halogens is 4. The number of aldehydes is 1. The maximum absolute atomic E-state index is 16.6. The van der Waals surface area contributed by atoms with Crippen LogP contribution in [0.15, 0.2) is 40.9 Å². The van der Waals surface area contributed by atoms with Crippen LogP contribution in [0.1, 0.15) is 34.4 Å². The van der Waals surface area contributed by atoms with E-state index in [0.29, 0.717) is 43.5 Å². The van der Waals surface area contributed by atoms with Gasteiger partial charge < -0.3 is 30.2 Å². The SMILES string of the molecule is CN/C=C(C(=O)Nc1c(N2CCN(C)C(C)C2)cc(F)c(C2=CCN(C(=O)c3csc(CN(C)C)n3)CC2)c1F)\C(=C/C=O)C(F)F. The van der Waals surface area contributed by atoms with E-state index in [2.05, 4.69) is 20.5 Å². The molecule has 1 atom stereocenters. The molecule has 10 nitrogen and oxygen atoms in total. The molecule has 1 unspecified atom stereocenters. The van der Waals surface area contributed by atoms with Crippen LogP contribution in [-0.2, 0) is 16.1 Å². The zero-order chi connectivity index (χ0) is 34.4. The van der Waals surface area contributed by atoms with E-state index < -0.39 is 35.1 Å². The third-order valence-electron chi connectivity index (χ3n) is 8.10. The summed E-state index contributed by atoms with van der Waals surface area (Å²) in [5, 5.41) is 7.40. The number of allylic oxidation sites excluding steroid dienone is 1. The first kappa shape index (κ1) is 35.8. The number of hydrogen-bond acceptors (Lipinski definition) is 9. The van der Waals surface area contributed by atoms with Crippen molar-refractivity contribution in [1.29, 1.82) is 0 Å². The van der Waals surface area contributed by atoms with E-state index in [-0.39, 0.29) is 54.7 Å². The van der Waals surface area contributed by atoms with Crippen molar-refractivity contribution >= 4 is 46.4 Å². The van der Waals surface area contributed by atoms with Crippen LogP contribution < -0.4 is 15.5 Å². The van der Waals surface area contributed by atoms with Crippen molar-refractivity contribution < 1.29 is 31.9 Å². The number of aromatic nitrogens is 1. The quantitative estimate of drug-likeness (QED) is 0.160. The lowest BCUT2D eigenvalue weighted by molar-refractivity contribution is -0.112. The number of piperazine rings is 1. The van der Waals surface area contributed by atoms with Crippen LogP contribution >= 0.6 is 11.3 Å². The minimum absolute atomic E-state index is 0.0139. The van der Waals surface area contributed by atoms with Gasteiger partial charge in [-0.1, -0.05) is 6.08 Å². The highest BCUT2D eigenvalue weighted by Crippen LogP contribution is 2.39. The fourth-order valence-electron chi connectivity index (χ4n) is 5.49. The fraction of sp³-hybridized carbons (Fsp3) is 0.438. The Morgan fingerprint density at radius 3 is 2.55 bits per heavy atom. The fourth-order valence-corrected chi connectivity index (χ4v) is 6.38. The highest BCUT2D eigenvalue weighted by molar-refractivity contribution is 7.09. The van der Waals surface area contributed by atoms with Crippen molar-refractivity contribution in [3.63, 3.8) is 0 Å². The molecule has 2 N–H and O–H groups in total. The number of anilines is 2. The van der Waals surface area contributed by atoms with Crippen molar-refractivity contribution in [2.75, 3.05) is 71.1 Å². The molecule has 2 aromatic rings. The summed E-state index contributed by atoms with van der Waals surface area (Å²) in [5.74, 6) is -3.34. The summed E-state index contributed by atoms with van der Waals surface area (Å²) in [6.45, 7) is 4.15. The Labute approximate surface area is 275 Å². The first-order valence-corrected chi connectivity index (χ1v) is 15.9. The number of nitrogens with zero attached hydrogens (tertiary/aromatic N) is 5. The number of rotatable bonds is 11. The zero-order valence-corrected chi connectivity index (χ0v) is 27.8. The van der Waals surface area contributed by atoms with Gasteiger partial charge in [0.1, 0.15) is 28.5 Å². The summed E-state index contributed by atoms with van der Waals surface area (Å²) in [6, 6.07) is 1.16. The predicted octanol–water partition coefficient (Wildman–Crippen LogP) is 3.98. The topological polar surface area (TPSA) is 101 Å². The standard InChI is InChI=1S/C32H39F4N7O3S/c1-19-16-43(12-11-41(19)5)25-14-23(33)27(28(34)29(25)39-31(45)22(15-37-2)21(8-13-44)30(35)36)20-6-9-42(10-7-20)32(46)24-18-47-26(38-24)17-40(3)4/h6,8,13-15,18-19,30,37H,7,9-12,16-17H2,1-5H3,(H,39,45)/b21-8+,22-15+. The van der Waals surface area contributed by atoms with E-state index in [9.17, 15) is 23.2 Å². The van der Waals surface area contributed by atoms with Gasteiger partial charge in [0.15, 0.2) is 5.82 Å². The zero-order valence-electron chi connectivity index (χ0n) is 26.9. The second-order valence-corrected chi connectivity index (χ2v) is 12.6. The minimum atomic E-state index is -3.18. The molecule has 2 amide bonds. The third-order valence-corrected chi connectivity index (χ3v) is 8.94. The molecule has 0 bridgehead atoms. The van der Waals surface area contributed by atoms with E-state index in [1.165, 1.54) is 23.3 Å². The van der Waals surface area contributed by atoms with Gasteiger partial charge in [-0.3, -0.25) is 14.4 Å². The Morgan fingerprint density at radius 1 is 1.21 bits per heavy atom. The molecule has 0 aliphatic carbocycles. The van der Waals surface area contributed by atoms with Gasteiger partial charge in [-0.05, 0) is 46.1 Å². The summed E-state index contributed by atoms with van der Waals surface area (Å²) in [7, 11) is 7.11. The number of benzene rings is 1. The van der Waals surface area contributed by atoms with Gasteiger partial charge in [-0.25, -0.2) is 22.5 Å². The summed E-state index contributed by atoms with van der Waals surface area (Å²) in [4.78, 5) is 49.4. The number of alkyl halides is 2. The molecule has 1 saturated heterocycles. The Bertz CT molecular complexity index is 1590. The molecule has 3 heterocycles. The molecule has 47 heavy (non-hydrogen) atoms. The molecule has 254 valence electrons.